The van der Waals surface area contributed by atoms with Gasteiger partial charge < -0.3 is 20.4 Å². The third kappa shape index (κ3) is 5.84. The highest BCUT2D eigenvalue weighted by Crippen LogP contribution is 2.12. The molecule has 0 saturated carbocycles. The van der Waals surface area contributed by atoms with Crippen LogP contribution in [-0.4, -0.2) is 40.8 Å². The fraction of sp³-hybridized carbons (Fsp3) is 0.636. The van der Waals surface area contributed by atoms with Crippen LogP contribution in [-0.2, 0) is 19.2 Å². The molecule has 0 saturated heterocycles. The second kappa shape index (κ2) is 7.34. The van der Waals surface area contributed by atoms with Crippen molar-refractivity contribution in [3.8, 4) is 0 Å². The standard InChI is InChI=1S/C11H19N3O5/c1-4-5-6-18-10(17)11(2,3)19-14-7(8(12)13)9(15)16/h4-6H2,1-3H3,(H3,12,13)(H,15,16)/b14-7-. The van der Waals surface area contributed by atoms with E-state index in [2.05, 4.69) is 5.16 Å². The van der Waals surface area contributed by atoms with Gasteiger partial charge in [-0.15, -0.1) is 0 Å². The summed E-state index contributed by atoms with van der Waals surface area (Å²) >= 11 is 0. The molecule has 0 bridgehead atoms. The van der Waals surface area contributed by atoms with Crippen molar-refractivity contribution in [1.82, 2.24) is 0 Å². The lowest BCUT2D eigenvalue weighted by molar-refractivity contribution is -0.168. The molecule has 0 rings (SSSR count). The van der Waals surface area contributed by atoms with Crippen LogP contribution in [0.3, 0.4) is 0 Å². The van der Waals surface area contributed by atoms with E-state index in [0.29, 0.717) is 0 Å². The maximum Gasteiger partial charge on any atom is 0.361 e. The van der Waals surface area contributed by atoms with Crippen molar-refractivity contribution < 1.29 is 24.3 Å². The van der Waals surface area contributed by atoms with Gasteiger partial charge in [-0.3, -0.25) is 5.41 Å². The van der Waals surface area contributed by atoms with E-state index in [4.69, 9.17) is 25.8 Å². The largest absolute Gasteiger partial charge is 0.476 e. The molecule has 0 aliphatic heterocycles. The van der Waals surface area contributed by atoms with Crippen LogP contribution in [0, 0.1) is 5.41 Å². The van der Waals surface area contributed by atoms with Gasteiger partial charge in [-0.2, -0.15) is 0 Å². The molecule has 108 valence electrons. The minimum atomic E-state index is -1.51. The van der Waals surface area contributed by atoms with E-state index in [1.54, 1.807) is 0 Å². The van der Waals surface area contributed by atoms with E-state index < -0.39 is 29.1 Å². The molecule has 8 heteroatoms. The summed E-state index contributed by atoms with van der Waals surface area (Å²) in [6.45, 7) is 4.96. The third-order valence-corrected chi connectivity index (χ3v) is 2.05. The topological polar surface area (TPSA) is 135 Å². The van der Waals surface area contributed by atoms with Gasteiger partial charge in [0.1, 0.15) is 0 Å². The first-order chi connectivity index (χ1) is 8.72. The van der Waals surface area contributed by atoms with Crippen molar-refractivity contribution in [3.05, 3.63) is 0 Å². The summed E-state index contributed by atoms with van der Waals surface area (Å²) in [7, 11) is 0. The fourth-order valence-corrected chi connectivity index (χ4v) is 0.883. The van der Waals surface area contributed by atoms with Gasteiger partial charge in [-0.25, -0.2) is 9.59 Å². The minimum absolute atomic E-state index is 0.254. The second-order valence-electron chi connectivity index (χ2n) is 4.25. The molecule has 0 radical (unpaired) electrons. The molecule has 0 heterocycles. The summed E-state index contributed by atoms with van der Waals surface area (Å²) in [5.74, 6) is -2.94. The lowest BCUT2D eigenvalue weighted by Crippen LogP contribution is -2.37. The number of hydrogen-bond donors (Lipinski definition) is 3. The molecule has 0 spiro atoms. The van der Waals surface area contributed by atoms with Crippen LogP contribution < -0.4 is 5.73 Å². The summed E-state index contributed by atoms with van der Waals surface area (Å²) < 4.78 is 4.93. The summed E-state index contributed by atoms with van der Waals surface area (Å²) in [4.78, 5) is 27.2. The van der Waals surface area contributed by atoms with Crippen molar-refractivity contribution in [1.29, 1.82) is 5.41 Å². The lowest BCUT2D eigenvalue weighted by atomic mass is 10.1. The number of carbonyl (C=O) groups is 2. The van der Waals surface area contributed by atoms with Gasteiger partial charge in [-0.1, -0.05) is 18.5 Å². The first-order valence-electron chi connectivity index (χ1n) is 5.73. The number of amidine groups is 1. The van der Waals surface area contributed by atoms with Crippen molar-refractivity contribution in [2.24, 2.45) is 10.9 Å². The number of carboxylic acid groups (broad SMARTS) is 1. The number of nitrogens with one attached hydrogen (secondary N) is 1. The van der Waals surface area contributed by atoms with E-state index in [0.717, 1.165) is 12.8 Å². The Bertz CT molecular complexity index is 374. The summed E-state index contributed by atoms with van der Waals surface area (Å²) in [5.41, 5.74) is 2.79. The predicted octanol–water partition coefficient (Wildman–Crippen LogP) is 0.501. The van der Waals surface area contributed by atoms with E-state index in [9.17, 15) is 9.59 Å². The lowest BCUT2D eigenvalue weighted by Gasteiger charge is -2.20. The molecule has 0 aliphatic carbocycles. The third-order valence-electron chi connectivity index (χ3n) is 2.05. The van der Waals surface area contributed by atoms with Crippen LogP contribution in [0.4, 0.5) is 0 Å². The highest BCUT2D eigenvalue weighted by Gasteiger charge is 2.33. The molecule has 0 amide bonds. The maximum absolute atomic E-state index is 11.6. The number of carbonyl (C=O) groups excluding carboxylic acids is 1. The van der Waals surface area contributed by atoms with Crippen LogP contribution >= 0.6 is 0 Å². The molecule has 0 fully saturated rings. The first-order valence-corrected chi connectivity index (χ1v) is 5.73. The molecule has 4 N–H and O–H groups in total. The summed E-state index contributed by atoms with van der Waals surface area (Å²) in [6, 6.07) is 0. The van der Waals surface area contributed by atoms with Gasteiger partial charge in [-0.05, 0) is 20.3 Å². The minimum Gasteiger partial charge on any atom is -0.476 e. The number of oxime groups is 1. The van der Waals surface area contributed by atoms with Crippen molar-refractivity contribution in [2.45, 2.75) is 39.2 Å². The quantitative estimate of drug-likeness (QED) is 0.194. The summed E-state index contributed by atoms with van der Waals surface area (Å²) in [6.07, 6.45) is 1.60. The van der Waals surface area contributed by atoms with Crippen LogP contribution in [0.5, 0.6) is 0 Å². The molecule has 0 aromatic heterocycles. The van der Waals surface area contributed by atoms with Gasteiger partial charge in [0.2, 0.25) is 11.3 Å². The average Bonchev–Trinajstić information content (AvgIpc) is 2.28. The Kier molecular flexibility index (Phi) is 6.53. The Hall–Kier alpha value is -2.12. The zero-order valence-corrected chi connectivity index (χ0v) is 11.2. The predicted molar refractivity (Wildman–Crippen MR) is 68.0 cm³/mol. The van der Waals surface area contributed by atoms with Crippen LogP contribution in [0.15, 0.2) is 5.16 Å². The van der Waals surface area contributed by atoms with E-state index in [-0.39, 0.29) is 6.61 Å². The highest BCUT2D eigenvalue weighted by atomic mass is 16.7. The Morgan fingerprint density at radius 1 is 1.42 bits per heavy atom. The number of esters is 1. The Morgan fingerprint density at radius 3 is 2.42 bits per heavy atom. The van der Waals surface area contributed by atoms with Crippen molar-refractivity contribution in [2.75, 3.05) is 6.61 Å². The van der Waals surface area contributed by atoms with Gasteiger partial charge >= 0.3 is 11.9 Å². The molecule has 0 unspecified atom stereocenters. The molecule has 0 aromatic carbocycles. The van der Waals surface area contributed by atoms with Gasteiger partial charge in [0, 0.05) is 0 Å². The number of carboxylic acids is 1. The van der Waals surface area contributed by atoms with E-state index in [1.165, 1.54) is 13.8 Å². The molecule has 8 nitrogen and oxygen atoms in total. The SMILES string of the molecule is CCCCOC(=O)C(C)(C)O/N=C(/C(=N)N)C(=O)O. The van der Waals surface area contributed by atoms with Crippen molar-refractivity contribution >= 4 is 23.5 Å². The molecule has 0 aliphatic rings. The number of hydrogen-bond acceptors (Lipinski definition) is 6. The Labute approximate surface area is 111 Å². The van der Waals surface area contributed by atoms with E-state index >= 15 is 0 Å². The van der Waals surface area contributed by atoms with Crippen LogP contribution in [0.25, 0.3) is 0 Å². The Morgan fingerprint density at radius 2 is 2.00 bits per heavy atom. The number of aliphatic carboxylic acids is 1. The molecule has 0 atom stereocenters. The smallest absolute Gasteiger partial charge is 0.361 e. The molecular formula is C11H19N3O5. The average molecular weight is 273 g/mol. The molecular weight excluding hydrogens is 254 g/mol. The zero-order valence-electron chi connectivity index (χ0n) is 11.2. The monoisotopic (exact) mass is 273 g/mol. The highest BCUT2D eigenvalue weighted by molar-refractivity contribution is 6.63. The normalized spacial score (nSPS) is 11.8. The van der Waals surface area contributed by atoms with Crippen molar-refractivity contribution in [3.63, 3.8) is 0 Å². The molecule has 19 heavy (non-hydrogen) atoms. The fourth-order valence-electron chi connectivity index (χ4n) is 0.883. The first kappa shape index (κ1) is 16.9. The summed E-state index contributed by atoms with van der Waals surface area (Å²) in [5, 5.41) is 18.9. The number of ether oxygens (including phenoxy) is 1. The van der Waals surface area contributed by atoms with E-state index in [1.807, 2.05) is 6.92 Å². The number of unbranched alkanes of at least 4 members (excludes halogenated alkanes) is 1. The van der Waals surface area contributed by atoms with Crippen LogP contribution in [0.1, 0.15) is 33.6 Å². The number of nitrogens with two attached hydrogens (primary N) is 1. The number of rotatable bonds is 8. The van der Waals surface area contributed by atoms with Gasteiger partial charge in [0.25, 0.3) is 0 Å². The zero-order chi connectivity index (χ0) is 15.1. The number of nitrogens with zero attached hydrogens (tertiary/aromatic N) is 1. The Balaban J connectivity index is 4.66. The van der Waals surface area contributed by atoms with Gasteiger partial charge in [0.05, 0.1) is 6.61 Å². The second-order valence-corrected chi connectivity index (χ2v) is 4.25. The molecule has 0 aromatic rings. The van der Waals surface area contributed by atoms with Gasteiger partial charge in [0.15, 0.2) is 5.84 Å². The van der Waals surface area contributed by atoms with Crippen LogP contribution in [0.2, 0.25) is 0 Å². The maximum atomic E-state index is 11.6.